The summed E-state index contributed by atoms with van der Waals surface area (Å²) in [5.41, 5.74) is 0.966. The van der Waals surface area contributed by atoms with Gasteiger partial charge >= 0.3 is 0 Å². The number of carbonyl (C=O) groups is 1. The topological polar surface area (TPSA) is 54.0 Å². The van der Waals surface area contributed by atoms with Crippen molar-refractivity contribution in [1.82, 2.24) is 0 Å². The highest BCUT2D eigenvalue weighted by molar-refractivity contribution is 6.36. The van der Waals surface area contributed by atoms with Crippen LogP contribution in [0.5, 0.6) is 23.0 Å². The number of carbonyl (C=O) groups excluding carboxylic acids is 1. The van der Waals surface area contributed by atoms with Gasteiger partial charge in [0.15, 0.2) is 17.3 Å². The zero-order valence-electron chi connectivity index (χ0n) is 14.8. The number of benzene rings is 2. The van der Waals surface area contributed by atoms with Crippen molar-refractivity contribution < 1.29 is 23.7 Å². The van der Waals surface area contributed by atoms with Crippen LogP contribution >= 0.6 is 23.2 Å². The van der Waals surface area contributed by atoms with Gasteiger partial charge in [0.1, 0.15) is 5.75 Å². The maximum atomic E-state index is 12.6. The summed E-state index contributed by atoms with van der Waals surface area (Å²) >= 11 is 12.1. The Morgan fingerprint density at radius 3 is 1.92 bits per heavy atom. The van der Waals surface area contributed by atoms with E-state index in [1.165, 1.54) is 46.6 Å². The molecule has 0 unspecified atom stereocenters. The Morgan fingerprint density at radius 2 is 1.42 bits per heavy atom. The van der Waals surface area contributed by atoms with E-state index in [4.69, 9.17) is 42.1 Å². The van der Waals surface area contributed by atoms with Crippen LogP contribution in [0, 0.1) is 0 Å². The van der Waals surface area contributed by atoms with E-state index in [1.807, 2.05) is 0 Å². The van der Waals surface area contributed by atoms with Gasteiger partial charge in [-0.3, -0.25) is 4.79 Å². The molecule has 0 amide bonds. The Bertz CT molecular complexity index is 821. The van der Waals surface area contributed by atoms with Crippen LogP contribution in [0.25, 0.3) is 6.08 Å². The Morgan fingerprint density at radius 1 is 0.846 bits per heavy atom. The molecule has 2 aromatic rings. The Kier molecular flexibility index (Phi) is 6.77. The maximum Gasteiger partial charge on any atom is 0.203 e. The zero-order valence-corrected chi connectivity index (χ0v) is 16.3. The molecule has 0 bridgehead atoms. The largest absolute Gasteiger partial charge is 0.494 e. The fraction of sp³-hybridized carbons (Fsp3) is 0.211. The van der Waals surface area contributed by atoms with E-state index in [1.54, 1.807) is 18.2 Å². The standard InChI is InChI=1S/C19H18Cl2O5/c1-23-16-7-11(8-17(24-2)19(16)26-4)5-6-15(22)13-9-12(20)10-14(21)18(13)25-3/h5-10H,1-4H3/b6-5+. The number of ketones is 1. The molecule has 26 heavy (non-hydrogen) atoms. The average Bonchev–Trinajstić information content (AvgIpc) is 2.64. The van der Waals surface area contributed by atoms with Gasteiger partial charge in [0.2, 0.25) is 5.75 Å². The fourth-order valence-electron chi connectivity index (χ4n) is 2.41. The fourth-order valence-corrected chi connectivity index (χ4v) is 2.98. The molecule has 0 saturated carbocycles. The highest BCUT2D eigenvalue weighted by Gasteiger charge is 2.16. The molecule has 0 atom stereocenters. The summed E-state index contributed by atoms with van der Waals surface area (Å²) in [5, 5.41) is 0.616. The minimum atomic E-state index is -0.306. The summed E-state index contributed by atoms with van der Waals surface area (Å²) in [4.78, 5) is 12.6. The van der Waals surface area contributed by atoms with E-state index in [9.17, 15) is 4.79 Å². The summed E-state index contributed by atoms with van der Waals surface area (Å²) < 4.78 is 21.1. The minimum absolute atomic E-state index is 0.268. The first kappa shape index (κ1) is 19.9. The number of halogens is 2. The number of methoxy groups -OCH3 is 4. The van der Waals surface area contributed by atoms with Crippen LogP contribution in [-0.4, -0.2) is 34.2 Å². The third-order valence-corrected chi connectivity index (χ3v) is 4.09. The molecule has 2 aromatic carbocycles. The molecule has 0 N–H and O–H groups in total. The molecule has 0 saturated heterocycles. The van der Waals surface area contributed by atoms with E-state index < -0.39 is 0 Å². The molecular formula is C19H18Cl2O5. The van der Waals surface area contributed by atoms with Gasteiger partial charge in [-0.15, -0.1) is 0 Å². The normalized spacial score (nSPS) is 10.7. The molecule has 0 spiro atoms. The minimum Gasteiger partial charge on any atom is -0.494 e. The molecule has 0 aliphatic rings. The van der Waals surface area contributed by atoms with Crippen molar-refractivity contribution in [3.05, 3.63) is 51.5 Å². The van der Waals surface area contributed by atoms with Gasteiger partial charge in [0.05, 0.1) is 39.0 Å². The molecule has 0 fully saturated rings. The van der Waals surface area contributed by atoms with Crippen molar-refractivity contribution in [2.75, 3.05) is 28.4 Å². The van der Waals surface area contributed by atoms with Gasteiger partial charge in [-0.1, -0.05) is 29.3 Å². The quantitative estimate of drug-likeness (QED) is 0.490. The summed E-state index contributed by atoms with van der Waals surface area (Å²) in [7, 11) is 6.01. The van der Waals surface area contributed by atoms with Crippen LogP contribution in [-0.2, 0) is 0 Å². The third-order valence-electron chi connectivity index (χ3n) is 3.59. The zero-order chi connectivity index (χ0) is 19.3. The number of ether oxygens (including phenoxy) is 4. The van der Waals surface area contributed by atoms with E-state index in [2.05, 4.69) is 0 Å². The summed E-state index contributed by atoms with van der Waals surface area (Å²) in [5.74, 6) is 1.42. The van der Waals surface area contributed by atoms with Crippen molar-refractivity contribution in [3.63, 3.8) is 0 Å². The van der Waals surface area contributed by atoms with E-state index >= 15 is 0 Å². The lowest BCUT2D eigenvalue weighted by Gasteiger charge is -2.13. The molecule has 7 heteroatoms. The second-order valence-electron chi connectivity index (χ2n) is 5.12. The van der Waals surface area contributed by atoms with Gasteiger partial charge in [0.25, 0.3) is 0 Å². The van der Waals surface area contributed by atoms with Crippen molar-refractivity contribution in [3.8, 4) is 23.0 Å². The Labute approximate surface area is 162 Å². The lowest BCUT2D eigenvalue weighted by Crippen LogP contribution is -2.00. The second-order valence-corrected chi connectivity index (χ2v) is 5.97. The van der Waals surface area contributed by atoms with Crippen LogP contribution in [0.3, 0.4) is 0 Å². The lowest BCUT2D eigenvalue weighted by molar-refractivity contribution is 0.104. The average molecular weight is 397 g/mol. The van der Waals surface area contributed by atoms with Gasteiger partial charge in [-0.25, -0.2) is 0 Å². The number of hydrogen-bond acceptors (Lipinski definition) is 5. The highest BCUT2D eigenvalue weighted by atomic mass is 35.5. The van der Waals surface area contributed by atoms with Gasteiger partial charge in [-0.2, -0.15) is 0 Å². The molecule has 0 heterocycles. The Balaban J connectivity index is 2.40. The van der Waals surface area contributed by atoms with Crippen LogP contribution in [0.2, 0.25) is 10.0 Å². The molecule has 0 aliphatic carbocycles. The third kappa shape index (κ3) is 4.23. The van der Waals surface area contributed by atoms with Crippen molar-refractivity contribution in [2.45, 2.75) is 0 Å². The van der Waals surface area contributed by atoms with Gasteiger partial charge in [0, 0.05) is 5.02 Å². The van der Waals surface area contributed by atoms with E-state index in [0.29, 0.717) is 27.8 Å². The first-order valence-electron chi connectivity index (χ1n) is 7.50. The smallest absolute Gasteiger partial charge is 0.203 e. The summed E-state index contributed by atoms with van der Waals surface area (Å²) in [6.45, 7) is 0. The molecule has 0 aromatic heterocycles. The second kappa shape index (κ2) is 8.83. The monoisotopic (exact) mass is 396 g/mol. The van der Waals surface area contributed by atoms with E-state index in [0.717, 1.165) is 0 Å². The first-order valence-corrected chi connectivity index (χ1v) is 8.26. The molecule has 138 valence electrons. The number of hydrogen-bond donors (Lipinski definition) is 0. The predicted octanol–water partition coefficient (Wildman–Crippen LogP) is 4.92. The van der Waals surface area contributed by atoms with Crippen LogP contribution in [0.1, 0.15) is 15.9 Å². The molecule has 0 aliphatic heterocycles. The van der Waals surface area contributed by atoms with Crippen molar-refractivity contribution in [2.24, 2.45) is 0 Å². The highest BCUT2D eigenvalue weighted by Crippen LogP contribution is 2.38. The Hall–Kier alpha value is -2.37. The van der Waals surface area contributed by atoms with Crippen molar-refractivity contribution in [1.29, 1.82) is 0 Å². The number of allylic oxidation sites excluding steroid dienone is 1. The molecule has 0 radical (unpaired) electrons. The summed E-state index contributed by atoms with van der Waals surface area (Å²) in [6.07, 6.45) is 3.02. The predicted molar refractivity (Wildman–Crippen MR) is 102 cm³/mol. The first-order chi connectivity index (χ1) is 12.4. The lowest BCUT2D eigenvalue weighted by atomic mass is 10.1. The van der Waals surface area contributed by atoms with Crippen molar-refractivity contribution >= 4 is 35.1 Å². The molecular weight excluding hydrogens is 379 g/mol. The van der Waals surface area contributed by atoms with Gasteiger partial charge in [-0.05, 0) is 35.9 Å². The molecule has 5 nitrogen and oxygen atoms in total. The van der Waals surface area contributed by atoms with E-state index in [-0.39, 0.29) is 22.1 Å². The van der Waals surface area contributed by atoms with Crippen LogP contribution in [0.15, 0.2) is 30.3 Å². The maximum absolute atomic E-state index is 12.6. The van der Waals surface area contributed by atoms with Crippen LogP contribution in [0.4, 0.5) is 0 Å². The SMILES string of the molecule is COc1cc(/C=C/C(=O)c2cc(Cl)cc(Cl)c2OC)cc(OC)c1OC. The number of rotatable bonds is 7. The molecule has 2 rings (SSSR count). The van der Waals surface area contributed by atoms with Gasteiger partial charge < -0.3 is 18.9 Å². The van der Waals surface area contributed by atoms with Crippen LogP contribution < -0.4 is 18.9 Å². The summed E-state index contributed by atoms with van der Waals surface area (Å²) in [6, 6.07) is 6.48.